The maximum absolute atomic E-state index is 13.2. The fraction of sp³-hybridized carbons (Fsp3) is 0.160. The lowest BCUT2D eigenvalue weighted by Crippen LogP contribution is -2.37. The van der Waals surface area contributed by atoms with E-state index in [9.17, 15) is 19.7 Å². The minimum Gasteiger partial charge on any atom is -0.336 e. The number of fused-ring (bicyclic) bond motifs is 1. The van der Waals surface area contributed by atoms with E-state index in [2.05, 4.69) is 4.98 Å². The third kappa shape index (κ3) is 5.30. The van der Waals surface area contributed by atoms with Crippen molar-refractivity contribution in [1.82, 2.24) is 14.5 Å². The number of amides is 1. The minimum atomic E-state index is -0.537. The molecule has 0 fully saturated rings. The van der Waals surface area contributed by atoms with Crippen LogP contribution >= 0.6 is 0 Å². The van der Waals surface area contributed by atoms with Crippen LogP contribution < -0.4 is 5.56 Å². The molecule has 8 heteroatoms. The maximum atomic E-state index is 13.2. The largest absolute Gasteiger partial charge is 0.336 e. The van der Waals surface area contributed by atoms with Crippen molar-refractivity contribution in [1.29, 1.82) is 0 Å². The van der Waals surface area contributed by atoms with E-state index >= 15 is 0 Å². The average Bonchev–Trinajstić information content (AvgIpc) is 2.84. The Balaban J connectivity index is 1.56. The topological polar surface area (TPSA) is 98.3 Å². The van der Waals surface area contributed by atoms with Crippen LogP contribution in [-0.4, -0.2) is 31.8 Å². The van der Waals surface area contributed by atoms with Crippen LogP contribution in [0.25, 0.3) is 10.9 Å². The number of hydrogen-bond donors (Lipinski definition) is 0. The fourth-order valence-corrected chi connectivity index (χ4v) is 3.62. The maximum Gasteiger partial charge on any atom is 0.271 e. The smallest absolute Gasteiger partial charge is 0.271 e. The number of hydrogen-bond acceptors (Lipinski definition) is 5. The molecule has 3 aromatic carbocycles. The van der Waals surface area contributed by atoms with Crippen LogP contribution in [0.3, 0.4) is 0 Å². The minimum absolute atomic E-state index is 0.141. The van der Waals surface area contributed by atoms with Crippen molar-refractivity contribution < 1.29 is 9.72 Å². The van der Waals surface area contributed by atoms with Gasteiger partial charge in [-0.05, 0) is 23.6 Å². The molecule has 0 bridgehead atoms. The van der Waals surface area contributed by atoms with Crippen molar-refractivity contribution in [2.45, 2.75) is 19.5 Å². The molecule has 4 aromatic rings. The van der Waals surface area contributed by atoms with Gasteiger partial charge >= 0.3 is 0 Å². The van der Waals surface area contributed by atoms with Crippen molar-refractivity contribution in [2.24, 2.45) is 0 Å². The van der Waals surface area contributed by atoms with Crippen LogP contribution in [0.2, 0.25) is 0 Å². The van der Waals surface area contributed by atoms with Crippen LogP contribution in [0.1, 0.15) is 11.1 Å². The van der Waals surface area contributed by atoms with Gasteiger partial charge in [-0.25, -0.2) is 4.98 Å². The highest BCUT2D eigenvalue weighted by molar-refractivity contribution is 5.80. The molecule has 8 nitrogen and oxygen atoms in total. The standard InChI is InChI=1S/C25H22N4O4/c30-24(17-28-18-26-23-15-21(29(32)33)11-12-22(23)25(28)31)27(16-20-9-5-2-6-10-20)14-13-19-7-3-1-4-8-19/h1-12,15,18H,13-14,16-17H2. The van der Waals surface area contributed by atoms with Gasteiger partial charge in [-0.2, -0.15) is 0 Å². The van der Waals surface area contributed by atoms with Gasteiger partial charge < -0.3 is 4.90 Å². The van der Waals surface area contributed by atoms with Crippen molar-refractivity contribution in [2.75, 3.05) is 6.54 Å². The highest BCUT2D eigenvalue weighted by atomic mass is 16.6. The molecule has 0 aliphatic rings. The summed E-state index contributed by atoms with van der Waals surface area (Å²) >= 11 is 0. The lowest BCUT2D eigenvalue weighted by molar-refractivity contribution is -0.384. The number of carbonyl (C=O) groups excluding carboxylic acids is 1. The molecule has 0 aliphatic heterocycles. The summed E-state index contributed by atoms with van der Waals surface area (Å²) in [6.45, 7) is 0.758. The lowest BCUT2D eigenvalue weighted by Gasteiger charge is -2.23. The Kier molecular flexibility index (Phi) is 6.54. The molecule has 0 unspecified atom stereocenters. The van der Waals surface area contributed by atoms with E-state index in [1.165, 1.54) is 29.1 Å². The zero-order chi connectivity index (χ0) is 23.2. The van der Waals surface area contributed by atoms with Crippen molar-refractivity contribution >= 4 is 22.5 Å². The van der Waals surface area contributed by atoms with Gasteiger partial charge in [-0.3, -0.25) is 24.3 Å². The highest BCUT2D eigenvalue weighted by Crippen LogP contribution is 2.16. The predicted octanol–water partition coefficient (Wildman–Crippen LogP) is 3.58. The van der Waals surface area contributed by atoms with Gasteiger partial charge in [0.05, 0.1) is 22.2 Å². The van der Waals surface area contributed by atoms with E-state index in [4.69, 9.17) is 0 Å². The molecule has 33 heavy (non-hydrogen) atoms. The lowest BCUT2D eigenvalue weighted by atomic mass is 10.1. The molecule has 1 amide bonds. The van der Waals surface area contributed by atoms with E-state index in [1.54, 1.807) is 4.90 Å². The summed E-state index contributed by atoms with van der Waals surface area (Å²) in [4.78, 5) is 42.4. The molecular weight excluding hydrogens is 420 g/mol. The zero-order valence-electron chi connectivity index (χ0n) is 17.8. The molecule has 0 saturated carbocycles. The number of non-ortho nitro benzene ring substituents is 1. The van der Waals surface area contributed by atoms with Crippen molar-refractivity contribution in [3.8, 4) is 0 Å². The van der Waals surface area contributed by atoms with Gasteiger partial charge in [-0.1, -0.05) is 60.7 Å². The molecule has 0 aliphatic carbocycles. The van der Waals surface area contributed by atoms with E-state index in [0.717, 1.165) is 11.1 Å². The quantitative estimate of drug-likeness (QED) is 0.307. The number of carbonyl (C=O) groups is 1. The SMILES string of the molecule is O=C(Cn1cnc2cc([N+](=O)[O-])ccc2c1=O)N(CCc1ccccc1)Cc1ccccc1. The highest BCUT2D eigenvalue weighted by Gasteiger charge is 2.17. The van der Waals surface area contributed by atoms with Gasteiger partial charge in [0.15, 0.2) is 0 Å². The van der Waals surface area contributed by atoms with Gasteiger partial charge in [0.1, 0.15) is 6.54 Å². The van der Waals surface area contributed by atoms with E-state index in [0.29, 0.717) is 19.5 Å². The summed E-state index contributed by atoms with van der Waals surface area (Å²) in [5.74, 6) is -0.208. The second-order valence-corrected chi connectivity index (χ2v) is 7.67. The summed E-state index contributed by atoms with van der Waals surface area (Å²) in [6.07, 6.45) is 1.96. The number of nitro groups is 1. The Hall–Kier alpha value is -4.33. The van der Waals surface area contributed by atoms with Gasteiger partial charge in [0.2, 0.25) is 5.91 Å². The second-order valence-electron chi connectivity index (χ2n) is 7.67. The molecule has 0 saturated heterocycles. The normalized spacial score (nSPS) is 10.8. The number of benzene rings is 3. The second kappa shape index (κ2) is 9.86. The van der Waals surface area contributed by atoms with Crippen molar-refractivity contribution in [3.63, 3.8) is 0 Å². The van der Waals surface area contributed by atoms with Gasteiger partial charge in [0.25, 0.3) is 11.2 Å². The van der Waals surface area contributed by atoms with E-state index in [1.807, 2.05) is 60.7 Å². The van der Waals surface area contributed by atoms with Crippen molar-refractivity contribution in [3.05, 3.63) is 117 Å². The third-order valence-corrected chi connectivity index (χ3v) is 5.41. The van der Waals surface area contributed by atoms with E-state index < -0.39 is 10.5 Å². The fourth-order valence-electron chi connectivity index (χ4n) is 3.62. The van der Waals surface area contributed by atoms with Crippen LogP contribution in [0.4, 0.5) is 5.69 Å². The molecule has 0 radical (unpaired) electrons. The van der Waals surface area contributed by atoms with Crippen LogP contribution in [-0.2, 0) is 24.3 Å². The van der Waals surface area contributed by atoms with E-state index in [-0.39, 0.29) is 29.0 Å². The summed E-state index contributed by atoms with van der Waals surface area (Å²) in [6, 6.07) is 23.5. The molecule has 0 atom stereocenters. The number of aromatic nitrogens is 2. The van der Waals surface area contributed by atoms with Crippen LogP contribution in [0.5, 0.6) is 0 Å². The first kappa shape index (κ1) is 21.9. The molecule has 4 rings (SSSR count). The first-order valence-corrected chi connectivity index (χ1v) is 10.5. The Labute approximate surface area is 189 Å². The molecule has 1 aromatic heterocycles. The first-order valence-electron chi connectivity index (χ1n) is 10.5. The van der Waals surface area contributed by atoms with Gasteiger partial charge in [0, 0.05) is 25.2 Å². The van der Waals surface area contributed by atoms with Gasteiger partial charge in [-0.15, -0.1) is 0 Å². The molecule has 1 heterocycles. The number of nitro benzene ring substituents is 1. The molecule has 166 valence electrons. The first-order chi connectivity index (χ1) is 16.0. The monoisotopic (exact) mass is 442 g/mol. The Morgan fingerprint density at radius 1 is 0.970 bits per heavy atom. The molecule has 0 spiro atoms. The van der Waals surface area contributed by atoms with Crippen LogP contribution in [0.15, 0.2) is 90.0 Å². The summed E-state index contributed by atoms with van der Waals surface area (Å²) in [5.41, 5.74) is 1.79. The summed E-state index contributed by atoms with van der Waals surface area (Å²) in [7, 11) is 0. The number of nitrogens with zero attached hydrogens (tertiary/aromatic N) is 4. The average molecular weight is 442 g/mol. The Bertz CT molecular complexity index is 1340. The number of rotatable bonds is 8. The molecule has 0 N–H and O–H groups in total. The zero-order valence-corrected chi connectivity index (χ0v) is 17.8. The summed E-state index contributed by atoms with van der Waals surface area (Å²) < 4.78 is 1.25. The predicted molar refractivity (Wildman–Crippen MR) is 125 cm³/mol. The Morgan fingerprint density at radius 2 is 1.64 bits per heavy atom. The van der Waals surface area contributed by atoms with Crippen LogP contribution in [0, 0.1) is 10.1 Å². The summed E-state index contributed by atoms with van der Waals surface area (Å²) in [5, 5.41) is 11.2. The Morgan fingerprint density at radius 3 is 2.30 bits per heavy atom. The third-order valence-electron chi connectivity index (χ3n) is 5.41. The molecular formula is C25H22N4O4.